The first-order valence-electron chi connectivity index (χ1n) is 8.73. The smallest absolute Gasteiger partial charge is 0.226 e. The number of amides is 1. The number of rotatable bonds is 4. The van der Waals surface area contributed by atoms with E-state index in [1.54, 1.807) is 18.2 Å². The second kappa shape index (κ2) is 7.03. The standard InChI is InChI=1S/C18H25FN2O3S/c1-21-9-7-18(8-10-21,12-14-4-2-3-5-16(14)19)17(22)20-15-6-11-25(23,24)13-15/h2-5,15H,6-13H2,1H3,(H,20,22)/t15-/m0/s1. The summed E-state index contributed by atoms with van der Waals surface area (Å²) in [5.41, 5.74) is -0.137. The normalized spacial score (nSPS) is 25.6. The Bertz CT molecular complexity index is 742. The van der Waals surface area contributed by atoms with Crippen LogP contribution in [0, 0.1) is 11.2 Å². The topological polar surface area (TPSA) is 66.5 Å². The maximum atomic E-state index is 14.1. The van der Waals surface area contributed by atoms with E-state index >= 15 is 0 Å². The maximum absolute atomic E-state index is 14.1. The van der Waals surface area contributed by atoms with Crippen molar-refractivity contribution in [1.29, 1.82) is 0 Å². The van der Waals surface area contributed by atoms with Gasteiger partial charge in [-0.1, -0.05) is 18.2 Å². The van der Waals surface area contributed by atoms with Crippen molar-refractivity contribution in [2.75, 3.05) is 31.6 Å². The first kappa shape index (κ1) is 18.3. The minimum Gasteiger partial charge on any atom is -0.352 e. The fourth-order valence-corrected chi connectivity index (χ4v) is 5.46. The predicted molar refractivity (Wildman–Crippen MR) is 94.5 cm³/mol. The van der Waals surface area contributed by atoms with E-state index in [1.165, 1.54) is 6.07 Å². The van der Waals surface area contributed by atoms with Crippen molar-refractivity contribution in [3.05, 3.63) is 35.6 Å². The Balaban J connectivity index is 1.79. The van der Waals surface area contributed by atoms with Gasteiger partial charge in [-0.05, 0) is 57.5 Å². The summed E-state index contributed by atoms with van der Waals surface area (Å²) < 4.78 is 37.4. The lowest BCUT2D eigenvalue weighted by Gasteiger charge is -2.40. The van der Waals surface area contributed by atoms with E-state index < -0.39 is 15.3 Å². The maximum Gasteiger partial charge on any atom is 0.226 e. The monoisotopic (exact) mass is 368 g/mol. The highest BCUT2D eigenvalue weighted by molar-refractivity contribution is 7.91. The quantitative estimate of drug-likeness (QED) is 0.872. The lowest BCUT2D eigenvalue weighted by Crippen LogP contribution is -2.52. The van der Waals surface area contributed by atoms with Gasteiger partial charge in [0.2, 0.25) is 5.91 Å². The average Bonchev–Trinajstić information content (AvgIpc) is 2.90. The van der Waals surface area contributed by atoms with Gasteiger partial charge < -0.3 is 10.2 Å². The summed E-state index contributed by atoms with van der Waals surface area (Å²) in [6, 6.07) is 6.24. The summed E-state index contributed by atoms with van der Waals surface area (Å²) in [5.74, 6) is -0.293. The Hall–Kier alpha value is -1.47. The van der Waals surface area contributed by atoms with Gasteiger partial charge in [-0.15, -0.1) is 0 Å². The van der Waals surface area contributed by atoms with Crippen LogP contribution in [-0.4, -0.2) is 56.9 Å². The number of benzene rings is 1. The molecule has 0 aromatic heterocycles. The summed E-state index contributed by atoms with van der Waals surface area (Å²) in [4.78, 5) is 15.2. The zero-order valence-electron chi connectivity index (χ0n) is 14.5. The van der Waals surface area contributed by atoms with E-state index in [1.807, 2.05) is 7.05 Å². The molecule has 3 rings (SSSR count). The van der Waals surface area contributed by atoms with E-state index in [2.05, 4.69) is 10.2 Å². The lowest BCUT2D eigenvalue weighted by atomic mass is 9.72. The summed E-state index contributed by atoms with van der Waals surface area (Å²) in [7, 11) is -1.04. The van der Waals surface area contributed by atoms with Crippen molar-refractivity contribution < 1.29 is 17.6 Å². The fourth-order valence-electron chi connectivity index (χ4n) is 3.78. The summed E-state index contributed by atoms with van der Waals surface area (Å²) >= 11 is 0. The average molecular weight is 368 g/mol. The van der Waals surface area contributed by atoms with Crippen LogP contribution in [0.5, 0.6) is 0 Å². The minimum atomic E-state index is -3.05. The van der Waals surface area contributed by atoms with Crippen molar-refractivity contribution in [3.8, 4) is 0 Å². The molecular formula is C18H25FN2O3S. The number of nitrogens with zero attached hydrogens (tertiary/aromatic N) is 1. The first-order chi connectivity index (χ1) is 11.8. The molecule has 0 unspecified atom stereocenters. The molecule has 2 heterocycles. The Kier molecular flexibility index (Phi) is 5.16. The summed E-state index contributed by atoms with van der Waals surface area (Å²) in [5, 5.41) is 2.94. The summed E-state index contributed by atoms with van der Waals surface area (Å²) in [6.07, 6.45) is 2.09. The Morgan fingerprint density at radius 3 is 2.60 bits per heavy atom. The number of piperidine rings is 1. The van der Waals surface area contributed by atoms with E-state index in [9.17, 15) is 17.6 Å². The molecule has 1 atom stereocenters. The van der Waals surface area contributed by atoms with Crippen LogP contribution in [0.25, 0.3) is 0 Å². The van der Waals surface area contributed by atoms with Gasteiger partial charge in [0.1, 0.15) is 5.82 Å². The number of carbonyl (C=O) groups is 1. The molecule has 2 fully saturated rings. The molecule has 1 aromatic carbocycles. The van der Waals surface area contributed by atoms with Crippen molar-refractivity contribution in [2.45, 2.75) is 31.7 Å². The van der Waals surface area contributed by atoms with Gasteiger partial charge in [0.15, 0.2) is 9.84 Å². The third-order valence-electron chi connectivity index (χ3n) is 5.48. The van der Waals surface area contributed by atoms with Crippen LogP contribution < -0.4 is 5.32 Å². The highest BCUT2D eigenvalue weighted by Crippen LogP contribution is 2.36. The van der Waals surface area contributed by atoms with E-state index in [0.717, 1.165) is 13.1 Å². The molecule has 5 nitrogen and oxygen atoms in total. The number of sulfone groups is 1. The lowest BCUT2D eigenvalue weighted by molar-refractivity contribution is -0.134. The molecule has 0 bridgehead atoms. The molecule has 1 N–H and O–H groups in total. The van der Waals surface area contributed by atoms with Crippen LogP contribution in [0.3, 0.4) is 0 Å². The van der Waals surface area contributed by atoms with Crippen LogP contribution in [0.2, 0.25) is 0 Å². The predicted octanol–water partition coefficient (Wildman–Crippen LogP) is 1.38. The number of halogens is 1. The van der Waals surface area contributed by atoms with Gasteiger partial charge in [0.05, 0.1) is 16.9 Å². The largest absolute Gasteiger partial charge is 0.352 e. The number of likely N-dealkylation sites (tertiary alicyclic amines) is 1. The Labute approximate surface area is 148 Å². The molecule has 0 aliphatic carbocycles. The molecule has 0 saturated carbocycles. The molecule has 2 aliphatic heterocycles. The number of nitrogens with one attached hydrogen (secondary N) is 1. The van der Waals surface area contributed by atoms with Gasteiger partial charge in [-0.3, -0.25) is 4.79 Å². The van der Waals surface area contributed by atoms with Crippen LogP contribution in [0.1, 0.15) is 24.8 Å². The van der Waals surface area contributed by atoms with Gasteiger partial charge in [0.25, 0.3) is 0 Å². The first-order valence-corrected chi connectivity index (χ1v) is 10.6. The zero-order chi connectivity index (χ0) is 18.1. The van der Waals surface area contributed by atoms with Crippen LogP contribution in [-0.2, 0) is 21.1 Å². The highest BCUT2D eigenvalue weighted by atomic mass is 32.2. The van der Waals surface area contributed by atoms with Crippen molar-refractivity contribution in [2.24, 2.45) is 5.41 Å². The molecule has 0 radical (unpaired) electrons. The van der Waals surface area contributed by atoms with Gasteiger partial charge >= 0.3 is 0 Å². The second-order valence-electron chi connectivity index (χ2n) is 7.43. The SMILES string of the molecule is CN1CCC(Cc2ccccc2F)(C(=O)N[C@H]2CCS(=O)(=O)C2)CC1. The number of carbonyl (C=O) groups excluding carboxylic acids is 1. The van der Waals surface area contributed by atoms with Crippen LogP contribution >= 0.6 is 0 Å². The Morgan fingerprint density at radius 1 is 1.32 bits per heavy atom. The van der Waals surface area contributed by atoms with Gasteiger partial charge in [0, 0.05) is 6.04 Å². The second-order valence-corrected chi connectivity index (χ2v) is 9.65. The van der Waals surface area contributed by atoms with Gasteiger partial charge in [-0.25, -0.2) is 12.8 Å². The molecule has 2 aliphatic rings. The molecular weight excluding hydrogens is 343 g/mol. The fraction of sp³-hybridized carbons (Fsp3) is 0.611. The van der Waals surface area contributed by atoms with E-state index in [0.29, 0.717) is 31.2 Å². The Morgan fingerprint density at radius 2 is 2.00 bits per heavy atom. The van der Waals surface area contributed by atoms with Crippen LogP contribution in [0.4, 0.5) is 4.39 Å². The highest BCUT2D eigenvalue weighted by Gasteiger charge is 2.43. The van der Waals surface area contributed by atoms with Crippen LogP contribution in [0.15, 0.2) is 24.3 Å². The molecule has 0 spiro atoms. The number of hydrogen-bond acceptors (Lipinski definition) is 4. The zero-order valence-corrected chi connectivity index (χ0v) is 15.3. The molecule has 25 heavy (non-hydrogen) atoms. The molecule has 1 amide bonds. The number of hydrogen-bond donors (Lipinski definition) is 1. The molecule has 1 aromatic rings. The third kappa shape index (κ3) is 4.20. The van der Waals surface area contributed by atoms with E-state index in [4.69, 9.17) is 0 Å². The molecule has 138 valence electrons. The third-order valence-corrected chi connectivity index (χ3v) is 7.25. The minimum absolute atomic E-state index is 0.00835. The van der Waals surface area contributed by atoms with Gasteiger partial charge in [-0.2, -0.15) is 0 Å². The molecule has 2 saturated heterocycles. The van der Waals surface area contributed by atoms with Crippen molar-refractivity contribution in [3.63, 3.8) is 0 Å². The molecule has 7 heteroatoms. The van der Waals surface area contributed by atoms with Crippen molar-refractivity contribution in [1.82, 2.24) is 10.2 Å². The van der Waals surface area contributed by atoms with E-state index in [-0.39, 0.29) is 29.3 Å². The van der Waals surface area contributed by atoms with Crippen molar-refractivity contribution >= 4 is 15.7 Å². The summed E-state index contributed by atoms with van der Waals surface area (Å²) in [6.45, 7) is 1.54.